The fourth-order valence-electron chi connectivity index (χ4n) is 2.18. The van der Waals surface area contributed by atoms with Crippen molar-refractivity contribution in [1.82, 2.24) is 14.8 Å². The third kappa shape index (κ3) is 1.89. The first kappa shape index (κ1) is 9.97. The molecule has 3 rings (SSSR count). The highest BCUT2D eigenvalue weighted by Gasteiger charge is 2.32. The number of nitrogens with zero attached hydrogens (tertiary/aromatic N) is 3. The zero-order valence-corrected chi connectivity index (χ0v) is 10.1. The number of thioether (sulfide) groups is 1. The lowest BCUT2D eigenvalue weighted by molar-refractivity contribution is 0.453. The Morgan fingerprint density at radius 1 is 1.13 bits per heavy atom. The van der Waals surface area contributed by atoms with Gasteiger partial charge in [0.25, 0.3) is 0 Å². The maximum absolute atomic E-state index is 6.13. The van der Waals surface area contributed by atoms with Crippen LogP contribution in [0.25, 0.3) is 0 Å². The van der Waals surface area contributed by atoms with Gasteiger partial charge in [-0.3, -0.25) is 4.57 Å². The van der Waals surface area contributed by atoms with Crippen LogP contribution in [0.2, 0.25) is 5.28 Å². The average Bonchev–Trinajstić information content (AvgIpc) is 3.04. The Balaban J connectivity index is 1.90. The van der Waals surface area contributed by atoms with E-state index in [4.69, 9.17) is 11.6 Å². The van der Waals surface area contributed by atoms with Crippen LogP contribution in [0.5, 0.6) is 0 Å². The van der Waals surface area contributed by atoms with Crippen molar-refractivity contribution in [2.75, 3.05) is 11.5 Å². The van der Waals surface area contributed by atoms with Crippen LogP contribution in [0.1, 0.15) is 43.5 Å². The molecular weight excluding hydrogens is 230 g/mol. The second-order valence-electron chi connectivity index (χ2n) is 4.32. The van der Waals surface area contributed by atoms with E-state index in [-0.39, 0.29) is 0 Å². The molecule has 0 spiro atoms. The Morgan fingerprint density at radius 2 is 1.87 bits per heavy atom. The highest BCUT2D eigenvalue weighted by molar-refractivity contribution is 7.99. The van der Waals surface area contributed by atoms with E-state index in [0.717, 1.165) is 5.82 Å². The molecule has 1 saturated carbocycles. The molecule has 1 aromatic heterocycles. The third-order valence-corrected chi connectivity index (χ3v) is 4.49. The van der Waals surface area contributed by atoms with Crippen molar-refractivity contribution in [3.8, 4) is 0 Å². The highest BCUT2D eigenvalue weighted by Crippen LogP contribution is 2.42. The number of halogens is 1. The normalized spacial score (nSPS) is 23.3. The van der Waals surface area contributed by atoms with Crippen LogP contribution >= 0.6 is 23.4 Å². The van der Waals surface area contributed by atoms with Gasteiger partial charge in [-0.2, -0.15) is 11.8 Å². The maximum atomic E-state index is 6.13. The summed E-state index contributed by atoms with van der Waals surface area (Å²) in [5.74, 6) is 4.25. The minimum atomic E-state index is 0.546. The van der Waals surface area contributed by atoms with Crippen LogP contribution in [-0.4, -0.2) is 26.3 Å². The molecule has 1 aliphatic heterocycles. The van der Waals surface area contributed by atoms with Gasteiger partial charge < -0.3 is 0 Å². The fraction of sp³-hybridized carbons (Fsp3) is 0.800. The van der Waals surface area contributed by atoms with Gasteiger partial charge >= 0.3 is 0 Å². The van der Waals surface area contributed by atoms with Crippen LogP contribution in [-0.2, 0) is 0 Å². The Hall–Kier alpha value is -0.220. The lowest BCUT2D eigenvalue weighted by Crippen LogP contribution is -2.17. The first-order valence-electron chi connectivity index (χ1n) is 5.54. The zero-order valence-electron chi connectivity index (χ0n) is 8.53. The molecule has 1 aromatic rings. The van der Waals surface area contributed by atoms with Gasteiger partial charge in [-0.25, -0.2) is 0 Å². The van der Waals surface area contributed by atoms with Crippen LogP contribution in [0.3, 0.4) is 0 Å². The minimum absolute atomic E-state index is 0.546. The zero-order chi connectivity index (χ0) is 10.3. The summed E-state index contributed by atoms with van der Waals surface area (Å²) in [5, 5.41) is 8.84. The van der Waals surface area contributed by atoms with Gasteiger partial charge in [0.2, 0.25) is 5.28 Å². The Kier molecular flexibility index (Phi) is 2.64. The molecule has 0 aromatic carbocycles. The van der Waals surface area contributed by atoms with Gasteiger partial charge in [0.15, 0.2) is 0 Å². The van der Waals surface area contributed by atoms with Gasteiger partial charge in [0.1, 0.15) is 5.82 Å². The Bertz CT molecular complexity index is 356. The number of rotatable bonds is 2. The highest BCUT2D eigenvalue weighted by atomic mass is 35.5. The first-order chi connectivity index (χ1) is 7.36. The van der Waals surface area contributed by atoms with Crippen molar-refractivity contribution >= 4 is 23.4 Å². The predicted molar refractivity (Wildman–Crippen MR) is 62.6 cm³/mol. The Labute approximate surface area is 98.6 Å². The summed E-state index contributed by atoms with van der Waals surface area (Å²) >= 11 is 8.17. The van der Waals surface area contributed by atoms with Gasteiger partial charge in [-0.1, -0.05) is 0 Å². The summed E-state index contributed by atoms with van der Waals surface area (Å²) in [7, 11) is 0. The molecule has 15 heavy (non-hydrogen) atoms. The number of aromatic nitrogens is 3. The van der Waals surface area contributed by atoms with E-state index in [1.54, 1.807) is 0 Å². The van der Waals surface area contributed by atoms with E-state index in [1.807, 2.05) is 11.8 Å². The van der Waals surface area contributed by atoms with Crippen molar-refractivity contribution in [3.05, 3.63) is 11.1 Å². The minimum Gasteiger partial charge on any atom is -0.298 e. The monoisotopic (exact) mass is 243 g/mol. The molecular formula is C10H14ClN3S. The molecule has 0 unspecified atom stereocenters. The molecule has 3 nitrogen and oxygen atoms in total. The van der Waals surface area contributed by atoms with Gasteiger partial charge in [0, 0.05) is 12.0 Å². The largest absolute Gasteiger partial charge is 0.298 e. The summed E-state index contributed by atoms with van der Waals surface area (Å²) < 4.78 is 2.19. The molecule has 1 saturated heterocycles. The van der Waals surface area contributed by atoms with E-state index in [2.05, 4.69) is 14.8 Å². The lowest BCUT2D eigenvalue weighted by atomic mass is 10.1. The second-order valence-corrected chi connectivity index (χ2v) is 5.88. The summed E-state index contributed by atoms with van der Waals surface area (Å²) in [6.45, 7) is 0. The molecule has 1 aliphatic carbocycles. The van der Waals surface area contributed by atoms with E-state index in [9.17, 15) is 0 Å². The molecule has 2 heterocycles. The molecule has 0 amide bonds. The standard InChI is InChI=1S/C10H14ClN3S/c11-10-13-12-9(7-1-2-7)14(10)8-3-5-15-6-4-8/h7-8H,1-6H2. The summed E-state index contributed by atoms with van der Waals surface area (Å²) in [5.41, 5.74) is 0. The van der Waals surface area contributed by atoms with Crippen LogP contribution in [0.4, 0.5) is 0 Å². The smallest absolute Gasteiger partial charge is 0.225 e. The molecule has 0 atom stereocenters. The van der Waals surface area contributed by atoms with Crippen molar-refractivity contribution in [1.29, 1.82) is 0 Å². The summed E-state index contributed by atoms with van der Waals surface area (Å²) in [6.07, 6.45) is 4.94. The second kappa shape index (κ2) is 3.98. The van der Waals surface area contributed by atoms with Crippen molar-refractivity contribution in [2.45, 2.75) is 37.6 Å². The third-order valence-electron chi connectivity index (χ3n) is 3.18. The van der Waals surface area contributed by atoms with Crippen molar-refractivity contribution in [3.63, 3.8) is 0 Å². The molecule has 0 bridgehead atoms. The Morgan fingerprint density at radius 3 is 2.53 bits per heavy atom. The topological polar surface area (TPSA) is 30.7 Å². The SMILES string of the molecule is Clc1nnc(C2CC2)n1C1CCSCC1. The van der Waals surface area contributed by atoms with E-state index in [0.29, 0.717) is 17.2 Å². The first-order valence-corrected chi connectivity index (χ1v) is 7.07. The molecule has 0 radical (unpaired) electrons. The van der Waals surface area contributed by atoms with Crippen molar-refractivity contribution in [2.24, 2.45) is 0 Å². The van der Waals surface area contributed by atoms with Gasteiger partial charge in [-0.15, -0.1) is 10.2 Å². The molecule has 82 valence electrons. The van der Waals surface area contributed by atoms with Gasteiger partial charge in [-0.05, 0) is 48.8 Å². The lowest BCUT2D eigenvalue weighted by Gasteiger charge is -2.24. The van der Waals surface area contributed by atoms with Crippen LogP contribution in [0.15, 0.2) is 0 Å². The number of hydrogen-bond acceptors (Lipinski definition) is 3. The molecule has 0 N–H and O–H groups in total. The van der Waals surface area contributed by atoms with Gasteiger partial charge in [0.05, 0.1) is 0 Å². The van der Waals surface area contributed by atoms with Crippen LogP contribution < -0.4 is 0 Å². The van der Waals surface area contributed by atoms with E-state index in [1.165, 1.54) is 37.2 Å². The quantitative estimate of drug-likeness (QED) is 0.800. The predicted octanol–water partition coefficient (Wildman–Crippen LogP) is 2.88. The number of hydrogen-bond donors (Lipinski definition) is 0. The van der Waals surface area contributed by atoms with Crippen LogP contribution in [0, 0.1) is 0 Å². The molecule has 2 fully saturated rings. The molecule has 5 heteroatoms. The maximum Gasteiger partial charge on any atom is 0.225 e. The van der Waals surface area contributed by atoms with Crippen molar-refractivity contribution < 1.29 is 0 Å². The van der Waals surface area contributed by atoms with E-state index < -0.39 is 0 Å². The average molecular weight is 244 g/mol. The fourth-order valence-corrected chi connectivity index (χ4v) is 3.53. The molecule has 2 aliphatic rings. The van der Waals surface area contributed by atoms with E-state index >= 15 is 0 Å². The summed E-state index contributed by atoms with van der Waals surface area (Å²) in [6, 6.07) is 0.546. The summed E-state index contributed by atoms with van der Waals surface area (Å²) in [4.78, 5) is 0.